The molecule has 2 aliphatic heterocycles. The standard InChI is InChI=1S/C24H34N4O3S2/c1-18(2)24-25-19(17-32-24)15-23(29)26-21-16-20(33(30,31)28-13-7-4-8-14-28)9-10-22(21)27-11-5-3-6-12-27/h9-10,16-18H,3-8,11-15H2,1-2H3,(H,26,29). The van der Waals surface area contributed by atoms with Gasteiger partial charge in [-0.1, -0.05) is 20.3 Å². The molecule has 1 N–H and O–H groups in total. The fourth-order valence-electron chi connectivity index (χ4n) is 4.47. The predicted octanol–water partition coefficient (Wildman–Crippen LogP) is 4.61. The lowest BCUT2D eigenvalue weighted by molar-refractivity contribution is -0.115. The Morgan fingerprint density at radius 3 is 2.36 bits per heavy atom. The number of thiazole rings is 1. The first-order valence-electron chi connectivity index (χ1n) is 12.0. The molecule has 1 aromatic carbocycles. The Kier molecular flexibility index (Phi) is 7.71. The molecule has 2 aromatic rings. The van der Waals surface area contributed by atoms with Gasteiger partial charge in [-0.15, -0.1) is 11.3 Å². The molecular formula is C24H34N4O3S2. The summed E-state index contributed by atoms with van der Waals surface area (Å²) in [6.45, 7) is 7.10. The Labute approximate surface area is 201 Å². The van der Waals surface area contributed by atoms with E-state index in [2.05, 4.69) is 29.0 Å². The zero-order valence-corrected chi connectivity index (χ0v) is 21.2. The van der Waals surface area contributed by atoms with Gasteiger partial charge in [-0.3, -0.25) is 4.79 Å². The van der Waals surface area contributed by atoms with E-state index in [0.29, 0.717) is 24.7 Å². The Hall–Kier alpha value is -1.97. The molecule has 2 fully saturated rings. The highest BCUT2D eigenvalue weighted by Crippen LogP contribution is 2.33. The number of aromatic nitrogens is 1. The molecule has 33 heavy (non-hydrogen) atoms. The monoisotopic (exact) mass is 490 g/mol. The van der Waals surface area contributed by atoms with Crippen LogP contribution in [0.5, 0.6) is 0 Å². The fraction of sp³-hybridized carbons (Fsp3) is 0.583. The number of benzene rings is 1. The molecule has 9 heteroatoms. The van der Waals surface area contributed by atoms with Crippen LogP contribution in [0.3, 0.4) is 0 Å². The van der Waals surface area contributed by atoms with Crippen LogP contribution in [0.1, 0.15) is 69.0 Å². The van der Waals surface area contributed by atoms with Crippen molar-refractivity contribution in [2.24, 2.45) is 0 Å². The number of hydrogen-bond acceptors (Lipinski definition) is 6. The van der Waals surface area contributed by atoms with E-state index >= 15 is 0 Å². The number of carbonyl (C=O) groups is 1. The summed E-state index contributed by atoms with van der Waals surface area (Å²) in [7, 11) is -3.58. The van der Waals surface area contributed by atoms with Gasteiger partial charge in [0.1, 0.15) is 0 Å². The van der Waals surface area contributed by atoms with E-state index in [1.165, 1.54) is 6.42 Å². The van der Waals surface area contributed by atoms with Gasteiger partial charge < -0.3 is 10.2 Å². The molecule has 0 radical (unpaired) electrons. The highest BCUT2D eigenvalue weighted by atomic mass is 32.2. The third-order valence-corrected chi connectivity index (χ3v) is 9.39. The Morgan fingerprint density at radius 1 is 1.06 bits per heavy atom. The highest BCUT2D eigenvalue weighted by Gasteiger charge is 2.27. The minimum Gasteiger partial charge on any atom is -0.370 e. The molecule has 0 atom stereocenters. The number of nitrogens with one attached hydrogen (secondary N) is 1. The SMILES string of the molecule is CC(C)c1nc(CC(=O)Nc2cc(S(=O)(=O)N3CCCCC3)ccc2N2CCCCC2)cs1. The van der Waals surface area contributed by atoms with Crippen molar-refractivity contribution in [3.05, 3.63) is 34.3 Å². The molecule has 1 amide bonds. The Bertz CT molecular complexity index is 1070. The van der Waals surface area contributed by atoms with E-state index in [1.54, 1.807) is 27.8 Å². The summed E-state index contributed by atoms with van der Waals surface area (Å²) in [5, 5.41) is 5.95. The van der Waals surface area contributed by atoms with Crippen molar-refractivity contribution in [3.63, 3.8) is 0 Å². The molecule has 2 saturated heterocycles. The van der Waals surface area contributed by atoms with Crippen LogP contribution in [0.2, 0.25) is 0 Å². The molecule has 2 aliphatic rings. The van der Waals surface area contributed by atoms with Crippen LogP contribution in [-0.2, 0) is 21.2 Å². The predicted molar refractivity (Wildman–Crippen MR) is 134 cm³/mol. The van der Waals surface area contributed by atoms with Crippen LogP contribution >= 0.6 is 11.3 Å². The third-order valence-electron chi connectivity index (χ3n) is 6.30. The normalized spacial score (nSPS) is 18.0. The van der Waals surface area contributed by atoms with E-state index in [-0.39, 0.29) is 17.2 Å². The molecule has 0 unspecified atom stereocenters. The number of anilines is 2. The number of amides is 1. The molecule has 0 aliphatic carbocycles. The van der Waals surface area contributed by atoms with Crippen LogP contribution < -0.4 is 10.2 Å². The Morgan fingerprint density at radius 2 is 1.73 bits per heavy atom. The summed E-state index contributed by atoms with van der Waals surface area (Å²) in [4.78, 5) is 20.0. The zero-order valence-electron chi connectivity index (χ0n) is 19.5. The first-order chi connectivity index (χ1) is 15.8. The number of rotatable bonds is 7. The number of piperidine rings is 2. The van der Waals surface area contributed by atoms with Crippen molar-refractivity contribution in [1.29, 1.82) is 0 Å². The van der Waals surface area contributed by atoms with Gasteiger partial charge in [0.05, 0.1) is 33.4 Å². The summed E-state index contributed by atoms with van der Waals surface area (Å²) < 4.78 is 28.1. The topological polar surface area (TPSA) is 82.6 Å². The number of nitrogens with zero attached hydrogens (tertiary/aromatic N) is 3. The molecule has 4 rings (SSSR count). The van der Waals surface area contributed by atoms with E-state index < -0.39 is 10.0 Å². The largest absolute Gasteiger partial charge is 0.370 e. The number of sulfonamides is 1. The van der Waals surface area contributed by atoms with Crippen LogP contribution in [0.15, 0.2) is 28.5 Å². The molecule has 7 nitrogen and oxygen atoms in total. The van der Waals surface area contributed by atoms with Gasteiger partial charge in [0.25, 0.3) is 0 Å². The molecule has 0 spiro atoms. The average Bonchev–Trinajstić information content (AvgIpc) is 3.29. The number of hydrogen-bond donors (Lipinski definition) is 1. The minimum absolute atomic E-state index is 0.172. The molecule has 3 heterocycles. The van der Waals surface area contributed by atoms with Crippen LogP contribution in [0, 0.1) is 0 Å². The summed E-state index contributed by atoms with van der Waals surface area (Å²) in [5.41, 5.74) is 2.21. The van der Waals surface area contributed by atoms with Crippen LogP contribution in [-0.4, -0.2) is 49.8 Å². The summed E-state index contributed by atoms with van der Waals surface area (Å²) in [6.07, 6.45) is 6.40. The molecule has 0 bridgehead atoms. The lowest BCUT2D eigenvalue weighted by Crippen LogP contribution is -2.36. The maximum atomic E-state index is 13.3. The smallest absolute Gasteiger partial charge is 0.243 e. The van der Waals surface area contributed by atoms with Gasteiger partial charge in [-0.2, -0.15) is 4.31 Å². The highest BCUT2D eigenvalue weighted by molar-refractivity contribution is 7.89. The van der Waals surface area contributed by atoms with E-state index in [0.717, 1.165) is 61.6 Å². The van der Waals surface area contributed by atoms with E-state index in [9.17, 15) is 13.2 Å². The maximum Gasteiger partial charge on any atom is 0.243 e. The molecule has 1 aromatic heterocycles. The quantitative estimate of drug-likeness (QED) is 0.613. The lowest BCUT2D eigenvalue weighted by Gasteiger charge is -2.31. The summed E-state index contributed by atoms with van der Waals surface area (Å²) >= 11 is 1.57. The number of carbonyl (C=O) groups excluding carboxylic acids is 1. The minimum atomic E-state index is -3.58. The van der Waals surface area contributed by atoms with Gasteiger partial charge in [-0.25, -0.2) is 13.4 Å². The lowest BCUT2D eigenvalue weighted by atomic mass is 10.1. The first-order valence-corrected chi connectivity index (χ1v) is 14.3. The molecule has 0 saturated carbocycles. The van der Waals surface area contributed by atoms with Crippen LogP contribution in [0.25, 0.3) is 0 Å². The average molecular weight is 491 g/mol. The van der Waals surface area contributed by atoms with Crippen molar-refractivity contribution in [1.82, 2.24) is 9.29 Å². The van der Waals surface area contributed by atoms with Gasteiger partial charge in [0, 0.05) is 37.5 Å². The molecule has 180 valence electrons. The maximum absolute atomic E-state index is 13.3. The van der Waals surface area contributed by atoms with Gasteiger partial charge in [0.2, 0.25) is 15.9 Å². The third kappa shape index (κ3) is 5.75. The second kappa shape index (κ2) is 10.5. The summed E-state index contributed by atoms with van der Waals surface area (Å²) in [6, 6.07) is 5.20. The van der Waals surface area contributed by atoms with Crippen LogP contribution in [0.4, 0.5) is 11.4 Å². The van der Waals surface area contributed by atoms with Crippen molar-refractivity contribution in [2.45, 2.75) is 69.6 Å². The van der Waals surface area contributed by atoms with E-state index in [4.69, 9.17) is 0 Å². The van der Waals surface area contributed by atoms with Crippen molar-refractivity contribution in [2.75, 3.05) is 36.4 Å². The van der Waals surface area contributed by atoms with Gasteiger partial charge in [0.15, 0.2) is 0 Å². The van der Waals surface area contributed by atoms with Crippen molar-refractivity contribution in [3.8, 4) is 0 Å². The second-order valence-electron chi connectivity index (χ2n) is 9.25. The fourth-order valence-corrected chi connectivity index (χ4v) is 6.85. The van der Waals surface area contributed by atoms with Gasteiger partial charge >= 0.3 is 0 Å². The zero-order chi connectivity index (χ0) is 23.4. The van der Waals surface area contributed by atoms with Crippen molar-refractivity contribution < 1.29 is 13.2 Å². The van der Waals surface area contributed by atoms with E-state index in [1.807, 2.05) is 11.4 Å². The Balaban J connectivity index is 1.59. The molecular weight excluding hydrogens is 456 g/mol. The van der Waals surface area contributed by atoms with Gasteiger partial charge in [-0.05, 0) is 50.3 Å². The first kappa shape index (κ1) is 24.2. The second-order valence-corrected chi connectivity index (χ2v) is 12.1. The summed E-state index contributed by atoms with van der Waals surface area (Å²) in [5.74, 6) is 0.149. The van der Waals surface area contributed by atoms with Crippen molar-refractivity contribution >= 4 is 38.6 Å².